The second kappa shape index (κ2) is 17.8. The molecule has 0 aliphatic heterocycles. The number of rotatable bonds is 4. The van der Waals surface area contributed by atoms with Crippen molar-refractivity contribution in [2.45, 2.75) is 0 Å². The average Bonchev–Trinajstić information content (AvgIpc) is 2.76. The topological polar surface area (TPSA) is 98.7 Å². The van der Waals surface area contributed by atoms with Crippen LogP contribution in [0.3, 0.4) is 0 Å². The molecule has 33 heavy (non-hydrogen) atoms. The van der Waals surface area contributed by atoms with Gasteiger partial charge >= 0.3 is 59.1 Å². The van der Waals surface area contributed by atoms with Gasteiger partial charge in [0.05, 0.1) is 0 Å². The molecule has 0 saturated heterocycles. The van der Waals surface area contributed by atoms with Crippen molar-refractivity contribution >= 4 is 10.4 Å². The van der Waals surface area contributed by atoms with E-state index < -0.39 is 10.4 Å². The van der Waals surface area contributed by atoms with Crippen LogP contribution in [0.1, 0.15) is 0 Å². The first-order valence-corrected chi connectivity index (χ1v) is 10.5. The Morgan fingerprint density at radius 2 is 0.576 bits per heavy atom. The van der Waals surface area contributed by atoms with Crippen LogP contribution in [-0.2, 0) is 10.4 Å². The van der Waals surface area contributed by atoms with Crippen molar-refractivity contribution in [2.24, 2.45) is 0 Å². The molecule has 160 valence electrons. The number of para-hydroxylation sites is 4. The van der Waals surface area contributed by atoms with E-state index in [2.05, 4.69) is 0 Å². The van der Waals surface area contributed by atoms with Crippen LogP contribution in [-0.4, -0.2) is 17.5 Å². The Morgan fingerprint density at radius 1 is 0.424 bits per heavy atom. The summed E-state index contributed by atoms with van der Waals surface area (Å²) in [5.41, 5.74) is 0. The molecular formula is C24H20Na2O6S. The fraction of sp³-hybridized carbons (Fsp3) is 0. The minimum absolute atomic E-state index is 0. The summed E-state index contributed by atoms with van der Waals surface area (Å²) in [6, 6.07) is 39.0. The normalized spacial score (nSPS) is 9.27. The van der Waals surface area contributed by atoms with Gasteiger partial charge in [-0.05, 0) is 48.5 Å². The summed E-state index contributed by atoms with van der Waals surface area (Å²) in [6.45, 7) is 0. The second-order valence-electron chi connectivity index (χ2n) is 5.86. The summed E-state index contributed by atoms with van der Waals surface area (Å²) < 4.78 is 45.2. The van der Waals surface area contributed by atoms with E-state index in [4.69, 9.17) is 27.0 Å². The standard InChI is InChI=1S/2C12H10O.2Na.H2O4S/c2*1-3-7-11(8-4-1)13-12-9-5-2-6-10-12;;;1-5(2,3)4/h2*1-10H;;;(H2,1,2,3,4)/q;;2*+1;/p-2. The first-order chi connectivity index (χ1) is 14.9. The number of ether oxygens (including phenoxy) is 2. The molecular weight excluding hydrogens is 462 g/mol. The summed E-state index contributed by atoms with van der Waals surface area (Å²) in [5, 5.41) is 0. The minimum atomic E-state index is -5.17. The van der Waals surface area contributed by atoms with Crippen LogP contribution in [0.25, 0.3) is 0 Å². The second-order valence-corrected chi connectivity index (χ2v) is 6.68. The number of hydrogen-bond donors (Lipinski definition) is 0. The molecule has 0 radical (unpaired) electrons. The van der Waals surface area contributed by atoms with Crippen LogP contribution in [0.4, 0.5) is 0 Å². The van der Waals surface area contributed by atoms with Gasteiger partial charge in [-0.3, -0.25) is 8.42 Å². The van der Waals surface area contributed by atoms with Crippen molar-refractivity contribution < 1.29 is 86.1 Å². The molecule has 9 heteroatoms. The molecule has 0 fully saturated rings. The molecule has 0 unspecified atom stereocenters. The third-order valence-electron chi connectivity index (χ3n) is 3.44. The van der Waals surface area contributed by atoms with E-state index in [1.165, 1.54) is 0 Å². The third-order valence-corrected chi connectivity index (χ3v) is 3.44. The van der Waals surface area contributed by atoms with E-state index in [1.54, 1.807) is 0 Å². The third kappa shape index (κ3) is 16.6. The van der Waals surface area contributed by atoms with E-state index in [-0.39, 0.29) is 59.1 Å². The zero-order valence-corrected chi connectivity index (χ0v) is 23.2. The van der Waals surface area contributed by atoms with Gasteiger partial charge in [-0.15, -0.1) is 0 Å². The van der Waals surface area contributed by atoms with Crippen molar-refractivity contribution in [3.8, 4) is 23.0 Å². The summed E-state index contributed by atoms with van der Waals surface area (Å²) in [7, 11) is -5.17. The van der Waals surface area contributed by atoms with Crippen molar-refractivity contribution in [3.63, 3.8) is 0 Å². The number of hydrogen-bond acceptors (Lipinski definition) is 6. The molecule has 0 saturated carbocycles. The van der Waals surface area contributed by atoms with Gasteiger partial charge in [0.15, 0.2) is 0 Å². The van der Waals surface area contributed by atoms with E-state index in [0.29, 0.717) is 0 Å². The van der Waals surface area contributed by atoms with Crippen LogP contribution in [0.5, 0.6) is 23.0 Å². The Morgan fingerprint density at radius 3 is 0.727 bits per heavy atom. The van der Waals surface area contributed by atoms with Crippen molar-refractivity contribution in [1.82, 2.24) is 0 Å². The fourth-order valence-corrected chi connectivity index (χ4v) is 2.23. The zero-order valence-electron chi connectivity index (χ0n) is 18.4. The molecule has 0 heterocycles. The maximum atomic E-state index is 8.52. The summed E-state index contributed by atoms with van der Waals surface area (Å²) in [4.78, 5) is 0. The van der Waals surface area contributed by atoms with Crippen molar-refractivity contribution in [1.29, 1.82) is 0 Å². The van der Waals surface area contributed by atoms with E-state index in [1.807, 2.05) is 121 Å². The fourth-order valence-electron chi connectivity index (χ4n) is 2.23. The molecule has 0 spiro atoms. The molecule has 4 aromatic carbocycles. The van der Waals surface area contributed by atoms with Crippen molar-refractivity contribution in [3.05, 3.63) is 121 Å². The summed E-state index contributed by atoms with van der Waals surface area (Å²) >= 11 is 0. The van der Waals surface area contributed by atoms with Gasteiger partial charge in [0.1, 0.15) is 23.0 Å². The largest absolute Gasteiger partial charge is 1.00 e. The minimum Gasteiger partial charge on any atom is -0.759 e. The molecule has 0 amide bonds. The zero-order chi connectivity index (χ0) is 22.4. The molecule has 4 aromatic rings. The molecule has 4 rings (SSSR count). The Labute approximate surface area is 238 Å². The maximum absolute atomic E-state index is 8.52. The predicted molar refractivity (Wildman–Crippen MR) is 116 cm³/mol. The van der Waals surface area contributed by atoms with E-state index >= 15 is 0 Å². The van der Waals surface area contributed by atoms with E-state index in [9.17, 15) is 0 Å². The van der Waals surface area contributed by atoms with Crippen LogP contribution in [0.15, 0.2) is 121 Å². The SMILES string of the molecule is O=S(=O)([O-])[O-].[Na+].[Na+].c1ccc(Oc2ccccc2)cc1.c1ccc(Oc2ccccc2)cc1. The Kier molecular flexibility index (Phi) is 16.9. The summed E-state index contributed by atoms with van der Waals surface area (Å²) in [6.07, 6.45) is 0. The molecule has 0 aliphatic rings. The first kappa shape index (κ1) is 31.4. The van der Waals surface area contributed by atoms with Gasteiger partial charge in [-0.1, -0.05) is 72.8 Å². The maximum Gasteiger partial charge on any atom is 1.00 e. The smallest absolute Gasteiger partial charge is 0.759 e. The Bertz CT molecular complexity index is 939. The van der Waals surface area contributed by atoms with Gasteiger partial charge < -0.3 is 18.6 Å². The molecule has 0 bridgehead atoms. The first-order valence-electron chi connectivity index (χ1n) is 9.13. The summed E-state index contributed by atoms with van der Waals surface area (Å²) in [5.74, 6) is 3.48. The van der Waals surface area contributed by atoms with Crippen LogP contribution in [0, 0.1) is 0 Å². The molecule has 0 aliphatic carbocycles. The predicted octanol–water partition coefficient (Wildman–Crippen LogP) is -0.372. The van der Waals surface area contributed by atoms with Crippen LogP contribution in [0.2, 0.25) is 0 Å². The Balaban J connectivity index is 0.000000494. The van der Waals surface area contributed by atoms with Crippen LogP contribution >= 0.6 is 0 Å². The average molecular weight is 482 g/mol. The molecule has 0 N–H and O–H groups in total. The quantitative estimate of drug-likeness (QED) is 0.224. The van der Waals surface area contributed by atoms with Gasteiger partial charge in [0, 0.05) is 10.4 Å². The van der Waals surface area contributed by atoms with E-state index in [0.717, 1.165) is 23.0 Å². The van der Waals surface area contributed by atoms with Crippen molar-refractivity contribution in [2.75, 3.05) is 0 Å². The van der Waals surface area contributed by atoms with Gasteiger partial charge in [0.25, 0.3) is 0 Å². The van der Waals surface area contributed by atoms with Gasteiger partial charge in [-0.25, -0.2) is 0 Å². The molecule has 0 atom stereocenters. The van der Waals surface area contributed by atoms with Crippen LogP contribution < -0.4 is 68.6 Å². The monoisotopic (exact) mass is 482 g/mol. The molecule has 0 aromatic heterocycles. The van der Waals surface area contributed by atoms with Gasteiger partial charge in [-0.2, -0.15) is 0 Å². The van der Waals surface area contributed by atoms with Gasteiger partial charge in [0.2, 0.25) is 0 Å². The Hall–Kier alpha value is -1.65. The number of benzene rings is 4. The molecule has 6 nitrogen and oxygen atoms in total.